The molecule has 96 valence electrons. The molecule has 1 fully saturated rings. The Hall–Kier alpha value is -0.690. The first-order valence-electron chi connectivity index (χ1n) is 5.25. The Labute approximate surface area is 107 Å². The Kier molecular flexibility index (Phi) is 5.32. The monoisotopic (exact) mass is 277 g/mol. The highest BCUT2D eigenvalue weighted by Crippen LogP contribution is 2.05. The quantitative estimate of drug-likeness (QED) is 0.830. The molecule has 0 bridgehead atoms. The summed E-state index contributed by atoms with van der Waals surface area (Å²) < 4.78 is 26.3. The Balaban J connectivity index is 0.00000144. The van der Waals surface area contributed by atoms with Crippen molar-refractivity contribution in [3.8, 4) is 0 Å². The summed E-state index contributed by atoms with van der Waals surface area (Å²) in [5.74, 6) is -0.00264. The molecule has 0 radical (unpaired) electrons. The molecule has 2 rings (SSSR count). The van der Waals surface area contributed by atoms with E-state index >= 15 is 0 Å². The van der Waals surface area contributed by atoms with E-state index in [0.717, 1.165) is 13.0 Å². The third kappa shape index (κ3) is 4.59. The maximum atomic E-state index is 11.8. The van der Waals surface area contributed by atoms with Crippen LogP contribution in [0.2, 0.25) is 0 Å². The van der Waals surface area contributed by atoms with Crippen molar-refractivity contribution in [1.29, 1.82) is 0 Å². The predicted octanol–water partition coefficient (Wildman–Crippen LogP) is 0.285. The summed E-state index contributed by atoms with van der Waals surface area (Å²) >= 11 is 0. The number of nitrogens with one attached hydrogen (secondary N) is 2. The van der Waals surface area contributed by atoms with Crippen LogP contribution in [0.25, 0.3) is 0 Å². The molecular weight excluding hydrogens is 262 g/mol. The van der Waals surface area contributed by atoms with Gasteiger partial charge in [0.2, 0.25) is 10.0 Å². The van der Waals surface area contributed by atoms with Crippen molar-refractivity contribution in [2.45, 2.75) is 18.2 Å². The average Bonchev–Trinajstić information content (AvgIpc) is 2.70. The van der Waals surface area contributed by atoms with Gasteiger partial charge in [0.1, 0.15) is 0 Å². The van der Waals surface area contributed by atoms with Gasteiger partial charge in [-0.1, -0.05) is 6.07 Å². The fraction of sp³-hybridized carbons (Fsp3) is 0.500. The number of nitrogens with zero attached hydrogens (tertiary/aromatic N) is 1. The molecule has 1 aromatic rings. The molecule has 0 saturated carbocycles. The molecule has 5 nitrogen and oxygen atoms in total. The summed E-state index contributed by atoms with van der Waals surface area (Å²) in [6, 6.07) is 3.53. The van der Waals surface area contributed by atoms with E-state index < -0.39 is 10.0 Å². The van der Waals surface area contributed by atoms with Crippen LogP contribution in [0.5, 0.6) is 0 Å². The largest absolute Gasteiger partial charge is 0.315 e. The lowest BCUT2D eigenvalue weighted by Gasteiger charge is -2.11. The highest BCUT2D eigenvalue weighted by atomic mass is 35.5. The van der Waals surface area contributed by atoms with Crippen molar-refractivity contribution in [2.75, 3.05) is 13.1 Å². The van der Waals surface area contributed by atoms with E-state index in [2.05, 4.69) is 15.0 Å². The zero-order valence-corrected chi connectivity index (χ0v) is 10.9. The number of halogens is 1. The van der Waals surface area contributed by atoms with Crippen LogP contribution in [0.15, 0.2) is 24.5 Å². The first-order valence-corrected chi connectivity index (χ1v) is 6.90. The number of sulfonamides is 1. The minimum atomic E-state index is -3.25. The number of rotatable bonds is 4. The number of pyridine rings is 1. The minimum absolute atomic E-state index is 0. The summed E-state index contributed by atoms with van der Waals surface area (Å²) in [5, 5.41) is 3.12. The Bertz CT molecular complexity index is 432. The van der Waals surface area contributed by atoms with Crippen LogP contribution in [-0.2, 0) is 15.8 Å². The molecule has 0 aromatic carbocycles. The lowest BCUT2D eigenvalue weighted by molar-refractivity contribution is 0.559. The van der Waals surface area contributed by atoms with Crippen LogP contribution in [0.1, 0.15) is 12.0 Å². The molecule has 1 aliphatic heterocycles. The van der Waals surface area contributed by atoms with E-state index in [4.69, 9.17) is 0 Å². The summed E-state index contributed by atoms with van der Waals surface area (Å²) in [7, 11) is -3.25. The van der Waals surface area contributed by atoms with Gasteiger partial charge in [-0.25, -0.2) is 13.1 Å². The van der Waals surface area contributed by atoms with Gasteiger partial charge >= 0.3 is 0 Å². The van der Waals surface area contributed by atoms with Gasteiger partial charge in [-0.15, -0.1) is 12.4 Å². The smallest absolute Gasteiger partial charge is 0.216 e. The molecule has 2 N–H and O–H groups in total. The van der Waals surface area contributed by atoms with Crippen LogP contribution in [0.4, 0.5) is 0 Å². The van der Waals surface area contributed by atoms with E-state index in [1.54, 1.807) is 24.5 Å². The summed E-state index contributed by atoms with van der Waals surface area (Å²) in [5.41, 5.74) is 0.709. The van der Waals surface area contributed by atoms with Crippen LogP contribution >= 0.6 is 12.4 Å². The van der Waals surface area contributed by atoms with Crippen molar-refractivity contribution in [3.05, 3.63) is 30.1 Å². The molecule has 0 aliphatic carbocycles. The average molecular weight is 278 g/mol. The molecule has 0 amide bonds. The molecule has 17 heavy (non-hydrogen) atoms. The van der Waals surface area contributed by atoms with Gasteiger partial charge in [-0.05, 0) is 24.6 Å². The Morgan fingerprint density at radius 3 is 2.94 bits per heavy atom. The van der Waals surface area contributed by atoms with Crippen LogP contribution in [-0.4, -0.2) is 32.5 Å². The zero-order valence-electron chi connectivity index (χ0n) is 9.30. The van der Waals surface area contributed by atoms with Crippen LogP contribution < -0.4 is 10.0 Å². The van der Waals surface area contributed by atoms with Crippen LogP contribution in [0.3, 0.4) is 0 Å². The molecule has 1 aliphatic rings. The van der Waals surface area contributed by atoms with Crippen molar-refractivity contribution in [3.63, 3.8) is 0 Å². The minimum Gasteiger partial charge on any atom is -0.315 e. The van der Waals surface area contributed by atoms with Gasteiger partial charge in [-0.2, -0.15) is 0 Å². The first-order chi connectivity index (χ1) is 7.66. The second kappa shape index (κ2) is 6.30. The second-order valence-corrected chi connectivity index (χ2v) is 5.68. The zero-order chi connectivity index (χ0) is 11.4. The lowest BCUT2D eigenvalue weighted by atomic mass is 10.3. The van der Waals surface area contributed by atoms with E-state index in [1.807, 2.05) is 0 Å². The van der Waals surface area contributed by atoms with Crippen LogP contribution in [0, 0.1) is 0 Å². The predicted molar refractivity (Wildman–Crippen MR) is 68.5 cm³/mol. The third-order valence-corrected chi connectivity index (χ3v) is 3.89. The summed E-state index contributed by atoms with van der Waals surface area (Å²) in [6.45, 7) is 1.59. The van der Waals surface area contributed by atoms with Gasteiger partial charge < -0.3 is 5.32 Å². The number of hydrogen-bond donors (Lipinski definition) is 2. The first kappa shape index (κ1) is 14.4. The highest BCUT2D eigenvalue weighted by Gasteiger charge is 2.21. The number of hydrogen-bond acceptors (Lipinski definition) is 4. The van der Waals surface area contributed by atoms with Gasteiger partial charge in [-0.3, -0.25) is 4.98 Å². The standard InChI is InChI=1S/C10H15N3O2S.ClH/c14-16(15,13-10-3-5-12-7-10)8-9-2-1-4-11-6-9;/h1-2,4,6,10,12-13H,3,5,7-8H2;1H. The maximum Gasteiger partial charge on any atom is 0.216 e. The Morgan fingerprint density at radius 1 is 1.53 bits per heavy atom. The van der Waals surface area contributed by atoms with Crippen molar-refractivity contribution in [1.82, 2.24) is 15.0 Å². The fourth-order valence-electron chi connectivity index (χ4n) is 1.75. The lowest BCUT2D eigenvalue weighted by Crippen LogP contribution is -2.36. The summed E-state index contributed by atoms with van der Waals surface area (Å²) in [4.78, 5) is 3.90. The van der Waals surface area contributed by atoms with E-state index in [0.29, 0.717) is 12.1 Å². The molecule has 7 heteroatoms. The fourth-order valence-corrected chi connectivity index (χ4v) is 3.16. The molecule has 1 aromatic heterocycles. The molecule has 2 heterocycles. The van der Waals surface area contributed by atoms with E-state index in [-0.39, 0.29) is 24.2 Å². The highest BCUT2D eigenvalue weighted by molar-refractivity contribution is 7.88. The number of aromatic nitrogens is 1. The molecular formula is C10H16ClN3O2S. The SMILES string of the molecule is Cl.O=S(=O)(Cc1cccnc1)NC1CCNC1. The second-order valence-electron chi connectivity index (χ2n) is 3.93. The Morgan fingerprint density at radius 2 is 2.35 bits per heavy atom. The van der Waals surface area contributed by atoms with Crippen molar-refractivity contribution >= 4 is 22.4 Å². The molecule has 1 saturated heterocycles. The van der Waals surface area contributed by atoms with E-state index in [9.17, 15) is 8.42 Å². The van der Waals surface area contributed by atoms with Crippen molar-refractivity contribution in [2.24, 2.45) is 0 Å². The third-order valence-electron chi connectivity index (χ3n) is 2.49. The van der Waals surface area contributed by atoms with Crippen molar-refractivity contribution < 1.29 is 8.42 Å². The maximum absolute atomic E-state index is 11.8. The summed E-state index contributed by atoms with van der Waals surface area (Å²) in [6.07, 6.45) is 4.06. The molecule has 0 spiro atoms. The topological polar surface area (TPSA) is 71.1 Å². The van der Waals surface area contributed by atoms with E-state index in [1.165, 1.54) is 0 Å². The van der Waals surface area contributed by atoms with Gasteiger partial charge in [0.15, 0.2) is 0 Å². The molecule has 1 atom stereocenters. The van der Waals surface area contributed by atoms with Gasteiger partial charge in [0.05, 0.1) is 5.75 Å². The molecule has 1 unspecified atom stereocenters. The van der Waals surface area contributed by atoms with Gasteiger partial charge in [0.25, 0.3) is 0 Å². The van der Waals surface area contributed by atoms with Gasteiger partial charge in [0, 0.05) is 25.0 Å². The normalized spacial score (nSPS) is 19.9.